The molecular formula is C25H19N5O4. The van der Waals surface area contributed by atoms with Gasteiger partial charge in [-0.3, -0.25) is 9.59 Å². The average molecular weight is 453 g/mol. The summed E-state index contributed by atoms with van der Waals surface area (Å²) in [6, 6.07) is 20.1. The van der Waals surface area contributed by atoms with Crippen molar-refractivity contribution in [2.75, 3.05) is 5.32 Å². The molecule has 5 rings (SSSR count). The normalized spacial score (nSPS) is 10.9. The van der Waals surface area contributed by atoms with Crippen LogP contribution in [-0.2, 0) is 0 Å². The highest BCUT2D eigenvalue weighted by atomic mass is 16.5. The summed E-state index contributed by atoms with van der Waals surface area (Å²) in [6.07, 6.45) is 0. The first-order valence-electron chi connectivity index (χ1n) is 10.5. The van der Waals surface area contributed by atoms with Crippen molar-refractivity contribution in [3.05, 3.63) is 100 Å². The number of ether oxygens (including phenoxy) is 1. The molecule has 168 valence electrons. The largest absolute Gasteiger partial charge is 0.451 e. The number of hydrogen-bond acceptors (Lipinski definition) is 7. The molecule has 1 N–H and O–H groups in total. The maximum atomic E-state index is 12.6. The van der Waals surface area contributed by atoms with E-state index < -0.39 is 5.91 Å². The maximum Gasteiger partial charge on any atom is 0.291 e. The van der Waals surface area contributed by atoms with E-state index in [1.165, 1.54) is 6.07 Å². The Labute approximate surface area is 193 Å². The summed E-state index contributed by atoms with van der Waals surface area (Å²) >= 11 is 0. The second kappa shape index (κ2) is 8.62. The minimum absolute atomic E-state index is 0.0676. The lowest BCUT2D eigenvalue weighted by Crippen LogP contribution is -2.14. The lowest BCUT2D eigenvalue weighted by molar-refractivity contribution is 0.0997. The molecular weight excluding hydrogens is 434 g/mol. The van der Waals surface area contributed by atoms with Crippen LogP contribution in [0.25, 0.3) is 16.8 Å². The fourth-order valence-electron chi connectivity index (χ4n) is 3.48. The van der Waals surface area contributed by atoms with Crippen LogP contribution < -0.4 is 15.5 Å². The van der Waals surface area contributed by atoms with E-state index in [0.717, 1.165) is 11.4 Å². The van der Waals surface area contributed by atoms with Crippen molar-refractivity contribution in [1.82, 2.24) is 20.0 Å². The highest BCUT2D eigenvalue weighted by Crippen LogP contribution is 2.22. The Bertz CT molecular complexity index is 1550. The summed E-state index contributed by atoms with van der Waals surface area (Å²) in [4.78, 5) is 24.8. The second-order valence-corrected chi connectivity index (χ2v) is 7.62. The number of hydrogen-bond donors (Lipinski definition) is 1. The van der Waals surface area contributed by atoms with E-state index in [1.807, 2.05) is 19.9 Å². The third kappa shape index (κ3) is 4.26. The molecule has 0 saturated heterocycles. The van der Waals surface area contributed by atoms with Crippen molar-refractivity contribution in [3.8, 4) is 17.4 Å². The van der Waals surface area contributed by atoms with E-state index in [2.05, 4.69) is 20.6 Å². The van der Waals surface area contributed by atoms with Crippen LogP contribution in [0.2, 0.25) is 0 Å². The van der Waals surface area contributed by atoms with Crippen molar-refractivity contribution in [2.24, 2.45) is 0 Å². The predicted octanol–water partition coefficient (Wildman–Crippen LogP) is 4.43. The van der Waals surface area contributed by atoms with Gasteiger partial charge in [-0.1, -0.05) is 12.1 Å². The molecule has 0 aliphatic heterocycles. The number of rotatable bonds is 5. The van der Waals surface area contributed by atoms with Gasteiger partial charge >= 0.3 is 0 Å². The number of anilines is 1. The Morgan fingerprint density at radius 2 is 1.76 bits per heavy atom. The standard InChI is InChI=1S/C25H19N5O4/c1-15-13-16(2)30(29-15)23-11-12-24(28-27-23)33-18-9-7-17(8-10-18)26-25(32)22-14-20(31)19-5-3-4-6-21(19)34-22/h3-14H,1-2H3,(H,26,32). The van der Waals surface area contributed by atoms with Crippen LogP contribution >= 0.6 is 0 Å². The fourth-order valence-corrected chi connectivity index (χ4v) is 3.48. The molecule has 1 amide bonds. The summed E-state index contributed by atoms with van der Waals surface area (Å²) in [5, 5.41) is 15.8. The van der Waals surface area contributed by atoms with E-state index in [0.29, 0.717) is 34.1 Å². The molecule has 9 heteroatoms. The van der Waals surface area contributed by atoms with E-state index in [9.17, 15) is 9.59 Å². The first kappa shape index (κ1) is 21.1. The number of carbonyl (C=O) groups excluding carboxylic acids is 1. The number of aryl methyl sites for hydroxylation is 2. The second-order valence-electron chi connectivity index (χ2n) is 7.62. The quantitative estimate of drug-likeness (QED) is 0.419. The predicted molar refractivity (Wildman–Crippen MR) is 126 cm³/mol. The Balaban J connectivity index is 1.26. The highest BCUT2D eigenvalue weighted by Gasteiger charge is 2.13. The zero-order chi connectivity index (χ0) is 23.7. The van der Waals surface area contributed by atoms with Crippen LogP contribution in [0, 0.1) is 13.8 Å². The van der Waals surface area contributed by atoms with Crippen molar-refractivity contribution >= 4 is 22.6 Å². The van der Waals surface area contributed by atoms with Crippen LogP contribution in [0.3, 0.4) is 0 Å². The first-order valence-corrected chi connectivity index (χ1v) is 10.5. The molecule has 0 radical (unpaired) electrons. The number of nitrogens with one attached hydrogen (secondary N) is 1. The monoisotopic (exact) mass is 453 g/mol. The molecule has 2 aromatic carbocycles. The summed E-state index contributed by atoms with van der Waals surface area (Å²) in [5.41, 5.74) is 2.45. The van der Waals surface area contributed by atoms with Gasteiger partial charge in [0.05, 0.1) is 11.1 Å². The van der Waals surface area contributed by atoms with Gasteiger partial charge < -0.3 is 14.5 Å². The zero-order valence-corrected chi connectivity index (χ0v) is 18.4. The topological polar surface area (TPSA) is 112 Å². The Kier molecular flexibility index (Phi) is 5.35. The van der Waals surface area contributed by atoms with E-state index in [4.69, 9.17) is 9.15 Å². The zero-order valence-electron chi connectivity index (χ0n) is 18.4. The molecule has 0 bridgehead atoms. The molecule has 3 aromatic heterocycles. The SMILES string of the molecule is Cc1cc(C)n(-c2ccc(Oc3ccc(NC(=O)c4cc(=O)c5ccccc5o4)cc3)nn2)n1. The van der Waals surface area contributed by atoms with Crippen LogP contribution in [0.15, 0.2) is 82.0 Å². The van der Waals surface area contributed by atoms with Gasteiger partial charge in [0.15, 0.2) is 17.0 Å². The highest BCUT2D eigenvalue weighted by molar-refractivity contribution is 6.03. The van der Waals surface area contributed by atoms with Gasteiger partial charge in [0.2, 0.25) is 5.88 Å². The number of aromatic nitrogens is 4. The average Bonchev–Trinajstić information content (AvgIpc) is 3.18. The Morgan fingerprint density at radius 3 is 2.47 bits per heavy atom. The van der Waals surface area contributed by atoms with Crippen LogP contribution in [0.1, 0.15) is 21.9 Å². The van der Waals surface area contributed by atoms with Gasteiger partial charge in [-0.2, -0.15) is 5.10 Å². The number of amides is 1. The molecule has 0 aliphatic rings. The third-order valence-corrected chi connectivity index (χ3v) is 5.05. The Hall–Kier alpha value is -4.79. The minimum Gasteiger partial charge on any atom is -0.451 e. The number of para-hydroxylation sites is 1. The summed E-state index contributed by atoms with van der Waals surface area (Å²) < 4.78 is 13.0. The van der Waals surface area contributed by atoms with Crippen LogP contribution in [0.5, 0.6) is 11.6 Å². The van der Waals surface area contributed by atoms with Crippen molar-refractivity contribution in [3.63, 3.8) is 0 Å². The van der Waals surface area contributed by atoms with E-state index in [1.54, 1.807) is 65.3 Å². The molecule has 0 atom stereocenters. The van der Waals surface area contributed by atoms with Gasteiger partial charge in [0, 0.05) is 23.5 Å². The van der Waals surface area contributed by atoms with Gasteiger partial charge in [-0.15, -0.1) is 10.2 Å². The number of nitrogens with zero attached hydrogens (tertiary/aromatic N) is 4. The summed E-state index contributed by atoms with van der Waals surface area (Å²) in [5.74, 6) is 0.837. The summed E-state index contributed by atoms with van der Waals surface area (Å²) in [6.45, 7) is 3.86. The third-order valence-electron chi connectivity index (χ3n) is 5.05. The van der Waals surface area contributed by atoms with Crippen molar-refractivity contribution < 1.29 is 13.9 Å². The molecule has 5 aromatic rings. The molecule has 0 unspecified atom stereocenters. The van der Waals surface area contributed by atoms with Crippen LogP contribution in [-0.4, -0.2) is 25.9 Å². The van der Waals surface area contributed by atoms with Crippen molar-refractivity contribution in [1.29, 1.82) is 0 Å². The molecule has 34 heavy (non-hydrogen) atoms. The smallest absolute Gasteiger partial charge is 0.291 e. The lowest BCUT2D eigenvalue weighted by atomic mass is 10.2. The molecule has 3 heterocycles. The van der Waals surface area contributed by atoms with Crippen molar-refractivity contribution in [2.45, 2.75) is 13.8 Å². The van der Waals surface area contributed by atoms with Gasteiger partial charge in [-0.25, -0.2) is 4.68 Å². The number of benzene rings is 2. The van der Waals surface area contributed by atoms with Gasteiger partial charge in [0.25, 0.3) is 5.91 Å². The number of fused-ring (bicyclic) bond motifs is 1. The molecule has 0 saturated carbocycles. The molecule has 0 fully saturated rings. The Morgan fingerprint density at radius 1 is 0.971 bits per heavy atom. The van der Waals surface area contributed by atoms with E-state index in [-0.39, 0.29) is 11.2 Å². The molecule has 0 spiro atoms. The maximum absolute atomic E-state index is 12.6. The van der Waals surface area contributed by atoms with Gasteiger partial charge in [-0.05, 0) is 62.4 Å². The van der Waals surface area contributed by atoms with Crippen LogP contribution in [0.4, 0.5) is 5.69 Å². The summed E-state index contributed by atoms with van der Waals surface area (Å²) in [7, 11) is 0. The number of carbonyl (C=O) groups is 1. The van der Waals surface area contributed by atoms with Gasteiger partial charge in [0.1, 0.15) is 11.3 Å². The lowest BCUT2D eigenvalue weighted by Gasteiger charge is -2.08. The molecule has 0 aliphatic carbocycles. The first-order chi connectivity index (χ1) is 16.5. The van der Waals surface area contributed by atoms with E-state index >= 15 is 0 Å². The minimum atomic E-state index is -0.526. The molecule has 9 nitrogen and oxygen atoms in total. The fraction of sp³-hybridized carbons (Fsp3) is 0.0800.